The van der Waals surface area contributed by atoms with Crippen molar-refractivity contribution in [1.29, 1.82) is 0 Å². The Balaban J connectivity index is 2.33. The van der Waals surface area contributed by atoms with Crippen molar-refractivity contribution in [3.8, 4) is 0 Å². The quantitative estimate of drug-likeness (QED) is 0.852. The Bertz CT molecular complexity index is 711. The first-order valence-corrected chi connectivity index (χ1v) is 8.50. The molecule has 0 unspecified atom stereocenters. The van der Waals surface area contributed by atoms with Crippen molar-refractivity contribution in [3.63, 3.8) is 0 Å². The van der Waals surface area contributed by atoms with E-state index >= 15 is 0 Å². The Kier molecular flexibility index (Phi) is 4.20. The summed E-state index contributed by atoms with van der Waals surface area (Å²) in [5, 5.41) is -0.0577. The molecule has 0 saturated heterocycles. The first-order chi connectivity index (χ1) is 8.79. The fourth-order valence-electron chi connectivity index (χ4n) is 1.33. The second-order valence-electron chi connectivity index (χ2n) is 3.76. The third-order valence-electron chi connectivity index (χ3n) is 2.27. The molecule has 1 aromatic heterocycles. The SMILES string of the molecule is Cc1cc(S(=O)(=O)Nc2ccc(Cl)c(F)c2)sc1Br. The van der Waals surface area contributed by atoms with Crippen LogP contribution in [0.1, 0.15) is 5.56 Å². The highest BCUT2D eigenvalue weighted by Gasteiger charge is 2.18. The Labute approximate surface area is 127 Å². The Morgan fingerprint density at radius 2 is 2.05 bits per heavy atom. The molecule has 0 bridgehead atoms. The van der Waals surface area contributed by atoms with E-state index in [1.807, 2.05) is 0 Å². The topological polar surface area (TPSA) is 46.2 Å². The molecule has 0 atom stereocenters. The van der Waals surface area contributed by atoms with E-state index in [-0.39, 0.29) is 14.9 Å². The van der Waals surface area contributed by atoms with Gasteiger partial charge in [-0.2, -0.15) is 0 Å². The highest BCUT2D eigenvalue weighted by molar-refractivity contribution is 9.11. The van der Waals surface area contributed by atoms with Crippen LogP contribution >= 0.6 is 38.9 Å². The van der Waals surface area contributed by atoms with Gasteiger partial charge in [-0.1, -0.05) is 11.6 Å². The lowest BCUT2D eigenvalue weighted by Crippen LogP contribution is -2.11. The summed E-state index contributed by atoms with van der Waals surface area (Å²) in [7, 11) is -3.72. The molecule has 0 spiro atoms. The van der Waals surface area contributed by atoms with E-state index in [2.05, 4.69) is 20.7 Å². The van der Waals surface area contributed by atoms with E-state index in [0.29, 0.717) is 0 Å². The smallest absolute Gasteiger partial charge is 0.271 e. The van der Waals surface area contributed by atoms with Crippen molar-refractivity contribution >= 4 is 54.6 Å². The van der Waals surface area contributed by atoms with Gasteiger partial charge in [-0.25, -0.2) is 12.8 Å². The molecule has 8 heteroatoms. The summed E-state index contributed by atoms with van der Waals surface area (Å²) in [5.74, 6) is -0.676. The summed E-state index contributed by atoms with van der Waals surface area (Å²) < 4.78 is 40.6. The molecule has 0 saturated carbocycles. The van der Waals surface area contributed by atoms with Gasteiger partial charge in [0.2, 0.25) is 0 Å². The first-order valence-electron chi connectivity index (χ1n) is 5.03. The van der Waals surface area contributed by atoms with Crippen LogP contribution in [0, 0.1) is 12.7 Å². The predicted molar refractivity (Wildman–Crippen MR) is 79.0 cm³/mol. The number of rotatable bonds is 3. The number of thiophene rings is 1. The molecule has 102 valence electrons. The molecule has 1 N–H and O–H groups in total. The van der Waals surface area contributed by atoms with Gasteiger partial charge >= 0.3 is 0 Å². The number of halogens is 3. The number of benzene rings is 1. The molecule has 2 rings (SSSR count). The van der Waals surface area contributed by atoms with Crippen molar-refractivity contribution in [2.45, 2.75) is 11.1 Å². The number of sulfonamides is 1. The lowest BCUT2D eigenvalue weighted by molar-refractivity contribution is 0.603. The molecule has 2 aromatic rings. The highest BCUT2D eigenvalue weighted by atomic mass is 79.9. The van der Waals surface area contributed by atoms with Gasteiger partial charge in [0.1, 0.15) is 10.0 Å². The normalized spacial score (nSPS) is 11.6. The zero-order chi connectivity index (χ0) is 14.2. The molecule has 0 aliphatic carbocycles. The average Bonchev–Trinajstić information content (AvgIpc) is 2.65. The average molecular weight is 385 g/mol. The lowest BCUT2D eigenvalue weighted by atomic mass is 10.3. The second-order valence-corrected chi connectivity index (χ2v) is 8.44. The minimum Gasteiger partial charge on any atom is -0.279 e. The molecule has 0 aliphatic heterocycles. The van der Waals surface area contributed by atoms with Gasteiger partial charge < -0.3 is 0 Å². The molecular weight excluding hydrogens is 377 g/mol. The van der Waals surface area contributed by atoms with Crippen molar-refractivity contribution in [2.24, 2.45) is 0 Å². The number of anilines is 1. The van der Waals surface area contributed by atoms with Crippen LogP contribution in [0.4, 0.5) is 10.1 Å². The minimum absolute atomic E-state index is 0.0577. The van der Waals surface area contributed by atoms with Crippen LogP contribution in [0.25, 0.3) is 0 Å². The fourth-order valence-corrected chi connectivity index (χ4v) is 4.72. The van der Waals surface area contributed by atoms with Gasteiger partial charge in [-0.3, -0.25) is 4.72 Å². The fraction of sp³-hybridized carbons (Fsp3) is 0.0909. The summed E-state index contributed by atoms with van der Waals surface area (Å²) in [4.78, 5) is 0. The van der Waals surface area contributed by atoms with Crippen molar-refractivity contribution in [3.05, 3.63) is 44.5 Å². The van der Waals surface area contributed by atoms with E-state index in [1.54, 1.807) is 13.0 Å². The molecule has 0 aliphatic rings. The molecule has 1 heterocycles. The van der Waals surface area contributed by atoms with Crippen LogP contribution in [0.3, 0.4) is 0 Å². The zero-order valence-electron chi connectivity index (χ0n) is 9.58. The Hall–Kier alpha value is -0.630. The lowest BCUT2D eigenvalue weighted by Gasteiger charge is -2.06. The maximum absolute atomic E-state index is 13.3. The summed E-state index contributed by atoms with van der Waals surface area (Å²) >= 11 is 9.89. The molecule has 0 amide bonds. The van der Waals surface area contributed by atoms with Crippen LogP contribution in [0.5, 0.6) is 0 Å². The van der Waals surface area contributed by atoms with E-state index in [0.717, 1.165) is 26.8 Å². The van der Waals surface area contributed by atoms with Gasteiger partial charge in [0.05, 0.1) is 14.5 Å². The van der Waals surface area contributed by atoms with E-state index in [9.17, 15) is 12.8 Å². The standard InChI is InChI=1S/C11H8BrClFNO2S2/c1-6-4-10(18-11(6)12)19(16,17)15-7-2-3-8(13)9(14)5-7/h2-5,15H,1H3. The van der Waals surface area contributed by atoms with Crippen LogP contribution in [-0.4, -0.2) is 8.42 Å². The Morgan fingerprint density at radius 3 is 2.58 bits per heavy atom. The number of nitrogens with one attached hydrogen (secondary N) is 1. The molecule has 19 heavy (non-hydrogen) atoms. The van der Waals surface area contributed by atoms with Gasteiger partial charge in [-0.05, 0) is 52.7 Å². The van der Waals surface area contributed by atoms with Crippen LogP contribution in [0.15, 0.2) is 32.3 Å². The van der Waals surface area contributed by atoms with Crippen LogP contribution in [0.2, 0.25) is 5.02 Å². The summed E-state index contributed by atoms with van der Waals surface area (Å²) in [6.45, 7) is 1.79. The minimum atomic E-state index is -3.72. The van der Waals surface area contributed by atoms with E-state index in [4.69, 9.17) is 11.6 Å². The monoisotopic (exact) mass is 383 g/mol. The van der Waals surface area contributed by atoms with Crippen LogP contribution in [-0.2, 0) is 10.0 Å². The summed E-state index contributed by atoms with van der Waals surface area (Å²) in [5.41, 5.74) is 0.955. The van der Waals surface area contributed by atoms with Crippen molar-refractivity contribution in [2.75, 3.05) is 4.72 Å². The highest BCUT2D eigenvalue weighted by Crippen LogP contribution is 2.31. The second kappa shape index (κ2) is 5.40. The van der Waals surface area contributed by atoms with E-state index in [1.165, 1.54) is 12.1 Å². The van der Waals surface area contributed by atoms with Gasteiger partial charge in [0, 0.05) is 0 Å². The molecule has 3 nitrogen and oxygen atoms in total. The third kappa shape index (κ3) is 3.28. The third-order valence-corrected chi connectivity index (χ3v) is 6.57. The maximum atomic E-state index is 13.3. The summed E-state index contributed by atoms with van der Waals surface area (Å²) in [6.07, 6.45) is 0. The molecular formula is C11H8BrClFNO2S2. The van der Waals surface area contributed by atoms with Crippen molar-refractivity contribution < 1.29 is 12.8 Å². The Morgan fingerprint density at radius 1 is 1.37 bits per heavy atom. The summed E-state index contributed by atoms with van der Waals surface area (Å²) in [6, 6.07) is 5.28. The first kappa shape index (κ1) is 14.8. The molecule has 0 radical (unpaired) electrons. The molecule has 1 aromatic carbocycles. The van der Waals surface area contributed by atoms with E-state index < -0.39 is 15.8 Å². The predicted octanol–water partition coefficient (Wildman–Crippen LogP) is 4.41. The van der Waals surface area contributed by atoms with Crippen LogP contribution < -0.4 is 4.72 Å². The van der Waals surface area contributed by atoms with Crippen molar-refractivity contribution in [1.82, 2.24) is 0 Å². The number of hydrogen-bond acceptors (Lipinski definition) is 3. The molecule has 0 fully saturated rings. The zero-order valence-corrected chi connectivity index (χ0v) is 13.6. The maximum Gasteiger partial charge on any atom is 0.271 e. The van der Waals surface area contributed by atoms with Gasteiger partial charge in [0.15, 0.2) is 0 Å². The largest absolute Gasteiger partial charge is 0.279 e. The van der Waals surface area contributed by atoms with Gasteiger partial charge in [0.25, 0.3) is 10.0 Å². The number of aryl methyl sites for hydroxylation is 1. The number of hydrogen-bond donors (Lipinski definition) is 1. The van der Waals surface area contributed by atoms with Gasteiger partial charge in [-0.15, -0.1) is 11.3 Å².